The van der Waals surface area contributed by atoms with Crippen molar-refractivity contribution in [2.45, 2.75) is 49.0 Å². The van der Waals surface area contributed by atoms with Crippen molar-refractivity contribution in [2.24, 2.45) is 5.73 Å². The van der Waals surface area contributed by atoms with Crippen LogP contribution in [0.3, 0.4) is 0 Å². The van der Waals surface area contributed by atoms with Crippen molar-refractivity contribution in [3.8, 4) is 11.5 Å². The molecule has 0 bridgehead atoms. The number of likely N-dealkylation sites (N-methyl/N-ethyl adjacent to an activating group) is 2. The summed E-state index contributed by atoms with van der Waals surface area (Å²) >= 11 is 3.92. The highest BCUT2D eigenvalue weighted by atomic mass is 32.2. The Hall–Kier alpha value is -1.42. The van der Waals surface area contributed by atoms with Gasteiger partial charge in [-0.25, -0.2) is 0 Å². The summed E-state index contributed by atoms with van der Waals surface area (Å²) in [4.78, 5) is 0. The monoisotopic (exact) mass is 520 g/mol. The Bertz CT molecular complexity index is 806. The van der Waals surface area contributed by atoms with Crippen LogP contribution in [0.5, 0.6) is 11.5 Å². The number of rotatable bonds is 18. The molecule has 0 aliphatic carbocycles. The molecule has 0 aliphatic rings. The van der Waals surface area contributed by atoms with Gasteiger partial charge in [-0.05, 0) is 62.8 Å². The highest BCUT2D eigenvalue weighted by Crippen LogP contribution is 2.19. The number of nitrogens with one attached hydrogen (secondary N) is 3. The lowest BCUT2D eigenvalue weighted by Gasteiger charge is -2.28. The Morgan fingerprint density at radius 3 is 1.66 bits per heavy atom. The molecule has 0 amide bonds. The van der Waals surface area contributed by atoms with E-state index in [9.17, 15) is 0 Å². The fourth-order valence-electron chi connectivity index (χ4n) is 3.75. The molecule has 4 atom stereocenters. The summed E-state index contributed by atoms with van der Waals surface area (Å²) in [5.41, 5.74) is 8.87. The third-order valence-electron chi connectivity index (χ3n) is 6.10. The number of methoxy groups -OCH3 is 2. The molecule has 35 heavy (non-hydrogen) atoms. The molecule has 2 rings (SSSR count). The predicted molar refractivity (Wildman–Crippen MR) is 154 cm³/mol. The summed E-state index contributed by atoms with van der Waals surface area (Å²) in [7, 11) is 7.45. The van der Waals surface area contributed by atoms with Gasteiger partial charge in [-0.1, -0.05) is 24.3 Å². The second-order valence-corrected chi connectivity index (χ2v) is 10.9. The van der Waals surface area contributed by atoms with E-state index in [1.54, 1.807) is 14.2 Å². The molecular formula is C27H44N4O2S2. The van der Waals surface area contributed by atoms with E-state index in [1.807, 2.05) is 61.9 Å². The van der Waals surface area contributed by atoms with Gasteiger partial charge in [0.25, 0.3) is 0 Å². The Morgan fingerprint density at radius 1 is 0.771 bits per heavy atom. The quantitative estimate of drug-likeness (QED) is 0.237. The lowest BCUT2D eigenvalue weighted by Crippen LogP contribution is -2.49. The molecule has 8 heteroatoms. The highest BCUT2D eigenvalue weighted by molar-refractivity contribution is 7.98. The van der Waals surface area contributed by atoms with Gasteiger partial charge in [0.2, 0.25) is 0 Å². The smallest absolute Gasteiger partial charge is 0.118 e. The van der Waals surface area contributed by atoms with Crippen LogP contribution in [0.1, 0.15) is 24.5 Å². The molecule has 2 unspecified atom stereocenters. The molecule has 0 radical (unpaired) electrons. The third-order valence-corrected chi connectivity index (χ3v) is 8.45. The van der Waals surface area contributed by atoms with Crippen LogP contribution in [0.25, 0.3) is 0 Å². The second kappa shape index (κ2) is 17.1. The molecule has 0 saturated carbocycles. The molecule has 0 saturated heterocycles. The standard InChI is InChI=1S/C27H44N4O2S2/c1-20(28)27(30-3)14-23(18-34-16-21-6-10-25(32-4)11-7-21)31-15-24(29-2)19-35-17-22-8-12-26(33-5)13-9-22/h6-13,20,23-24,27,29-31H,14-19,28H2,1-5H3/t20?,23-,24-,27?/m1/s1. The zero-order chi connectivity index (χ0) is 25.5. The van der Waals surface area contributed by atoms with Gasteiger partial charge in [-0.3, -0.25) is 0 Å². The fourth-order valence-corrected chi connectivity index (χ4v) is 5.95. The molecule has 0 heterocycles. The van der Waals surface area contributed by atoms with Gasteiger partial charge < -0.3 is 31.2 Å². The number of hydrogen-bond acceptors (Lipinski definition) is 8. The molecule has 196 valence electrons. The summed E-state index contributed by atoms with van der Waals surface area (Å²) in [6.07, 6.45) is 0.999. The summed E-state index contributed by atoms with van der Waals surface area (Å²) in [6, 6.07) is 17.8. The molecule has 6 nitrogen and oxygen atoms in total. The first-order valence-electron chi connectivity index (χ1n) is 12.2. The van der Waals surface area contributed by atoms with E-state index in [0.29, 0.717) is 12.1 Å². The zero-order valence-electron chi connectivity index (χ0n) is 21.9. The second-order valence-electron chi connectivity index (χ2n) is 8.81. The lowest BCUT2D eigenvalue weighted by atomic mass is 10.0. The zero-order valence-corrected chi connectivity index (χ0v) is 23.5. The fraction of sp³-hybridized carbons (Fsp3) is 0.556. The minimum atomic E-state index is 0.107. The van der Waals surface area contributed by atoms with Crippen molar-refractivity contribution < 1.29 is 9.47 Å². The van der Waals surface area contributed by atoms with E-state index >= 15 is 0 Å². The summed E-state index contributed by atoms with van der Waals surface area (Å²) in [5, 5.41) is 10.7. The van der Waals surface area contributed by atoms with E-state index in [2.05, 4.69) is 47.1 Å². The van der Waals surface area contributed by atoms with Crippen LogP contribution in [0.2, 0.25) is 0 Å². The molecule has 2 aromatic carbocycles. The van der Waals surface area contributed by atoms with Gasteiger partial charge in [-0.2, -0.15) is 23.5 Å². The van der Waals surface area contributed by atoms with Crippen molar-refractivity contribution >= 4 is 23.5 Å². The van der Waals surface area contributed by atoms with Crippen LogP contribution >= 0.6 is 23.5 Å². The van der Waals surface area contributed by atoms with Crippen LogP contribution in [-0.2, 0) is 11.5 Å². The van der Waals surface area contributed by atoms with Gasteiger partial charge in [0, 0.05) is 53.7 Å². The first-order valence-corrected chi connectivity index (χ1v) is 14.5. The van der Waals surface area contributed by atoms with Crippen molar-refractivity contribution in [3.05, 3.63) is 59.7 Å². The molecule has 5 N–H and O–H groups in total. The average Bonchev–Trinajstić information content (AvgIpc) is 2.89. The normalized spacial score (nSPS) is 14.8. The number of hydrogen-bond donors (Lipinski definition) is 4. The first kappa shape index (κ1) is 29.8. The molecule has 0 aliphatic heterocycles. The minimum absolute atomic E-state index is 0.107. The molecule has 0 spiro atoms. The van der Waals surface area contributed by atoms with Crippen molar-refractivity contribution in [1.29, 1.82) is 0 Å². The van der Waals surface area contributed by atoms with Gasteiger partial charge in [0.15, 0.2) is 0 Å². The number of nitrogens with two attached hydrogens (primary N) is 1. The van der Waals surface area contributed by atoms with E-state index in [0.717, 1.165) is 47.5 Å². The van der Waals surface area contributed by atoms with Gasteiger partial charge in [0.1, 0.15) is 11.5 Å². The van der Waals surface area contributed by atoms with Gasteiger partial charge in [0.05, 0.1) is 14.2 Å². The molecule has 2 aromatic rings. The first-order chi connectivity index (χ1) is 17.0. The predicted octanol–water partition coefficient (Wildman–Crippen LogP) is 3.74. The van der Waals surface area contributed by atoms with Crippen molar-refractivity contribution in [3.63, 3.8) is 0 Å². The summed E-state index contributed by atoms with van der Waals surface area (Å²) in [5.74, 6) is 5.86. The average molecular weight is 521 g/mol. The van der Waals surface area contributed by atoms with E-state index in [-0.39, 0.29) is 12.1 Å². The molecular weight excluding hydrogens is 476 g/mol. The number of thioether (sulfide) groups is 2. The molecule has 0 aromatic heterocycles. The largest absolute Gasteiger partial charge is 0.497 e. The Labute approximate surface area is 220 Å². The number of benzene rings is 2. The third kappa shape index (κ3) is 11.5. The lowest BCUT2D eigenvalue weighted by molar-refractivity contribution is 0.382. The summed E-state index contributed by atoms with van der Waals surface area (Å²) < 4.78 is 10.5. The van der Waals surface area contributed by atoms with Crippen LogP contribution in [0, 0.1) is 0 Å². The molecule has 0 fully saturated rings. The highest BCUT2D eigenvalue weighted by Gasteiger charge is 2.19. The Kier molecular flexibility index (Phi) is 14.6. The van der Waals surface area contributed by atoms with E-state index in [1.165, 1.54) is 11.1 Å². The van der Waals surface area contributed by atoms with Crippen molar-refractivity contribution in [1.82, 2.24) is 16.0 Å². The van der Waals surface area contributed by atoms with Crippen LogP contribution < -0.4 is 31.2 Å². The van der Waals surface area contributed by atoms with E-state index in [4.69, 9.17) is 15.2 Å². The van der Waals surface area contributed by atoms with Crippen molar-refractivity contribution in [2.75, 3.05) is 46.4 Å². The summed E-state index contributed by atoms with van der Waals surface area (Å²) in [6.45, 7) is 3.00. The maximum absolute atomic E-state index is 6.23. The maximum Gasteiger partial charge on any atom is 0.118 e. The SMILES string of the molecule is CNC(C[C@H](CSCc1ccc(OC)cc1)NC[C@H](CSCc1ccc(OC)cc1)NC)C(C)N. The Balaban J connectivity index is 1.84. The number of ether oxygens (including phenoxy) is 2. The van der Waals surface area contributed by atoms with Gasteiger partial charge in [-0.15, -0.1) is 0 Å². The van der Waals surface area contributed by atoms with Crippen LogP contribution in [0.4, 0.5) is 0 Å². The van der Waals surface area contributed by atoms with Gasteiger partial charge >= 0.3 is 0 Å². The Morgan fingerprint density at radius 2 is 1.26 bits per heavy atom. The van der Waals surface area contributed by atoms with Crippen LogP contribution in [-0.4, -0.2) is 70.5 Å². The maximum atomic E-state index is 6.23. The van der Waals surface area contributed by atoms with Crippen LogP contribution in [0.15, 0.2) is 48.5 Å². The minimum Gasteiger partial charge on any atom is -0.497 e. The topological polar surface area (TPSA) is 80.6 Å². The van der Waals surface area contributed by atoms with E-state index < -0.39 is 0 Å².